The van der Waals surface area contributed by atoms with Crippen LogP contribution in [0.25, 0.3) is 0 Å². The van der Waals surface area contributed by atoms with Crippen molar-refractivity contribution in [1.82, 2.24) is 10.2 Å². The molecule has 0 aromatic heterocycles. The topological polar surface area (TPSA) is 41.6 Å². The molecule has 1 amide bonds. The van der Waals surface area contributed by atoms with E-state index in [1.54, 1.807) is 7.11 Å². The van der Waals surface area contributed by atoms with Crippen LogP contribution in [0.3, 0.4) is 0 Å². The Kier molecular flexibility index (Phi) is 3.60. The van der Waals surface area contributed by atoms with E-state index >= 15 is 0 Å². The Labute approximate surface area is 138 Å². The minimum absolute atomic E-state index is 0.267. The summed E-state index contributed by atoms with van der Waals surface area (Å²) in [4.78, 5) is 15.2. The first-order valence-electron chi connectivity index (χ1n) is 8.78. The van der Waals surface area contributed by atoms with Gasteiger partial charge in [0.25, 0.3) is 0 Å². The van der Waals surface area contributed by atoms with Gasteiger partial charge in [-0.05, 0) is 43.4 Å². The summed E-state index contributed by atoms with van der Waals surface area (Å²) in [5.41, 5.74) is 1.31. The minimum Gasteiger partial charge on any atom is -0.497 e. The fraction of sp³-hybridized carbons (Fsp3) is 0.632. The third-order valence-electron chi connectivity index (χ3n) is 6.25. The van der Waals surface area contributed by atoms with Crippen molar-refractivity contribution in [1.29, 1.82) is 0 Å². The van der Waals surface area contributed by atoms with E-state index in [0.717, 1.165) is 24.3 Å². The fourth-order valence-corrected chi connectivity index (χ4v) is 5.16. The number of rotatable bonds is 3. The van der Waals surface area contributed by atoms with Crippen molar-refractivity contribution in [2.45, 2.75) is 57.2 Å². The molecule has 3 aliphatic rings. The highest BCUT2D eigenvalue weighted by molar-refractivity contribution is 5.79. The van der Waals surface area contributed by atoms with E-state index in [2.05, 4.69) is 17.1 Å². The Balaban J connectivity index is 1.54. The van der Waals surface area contributed by atoms with E-state index in [1.807, 2.05) is 24.3 Å². The normalized spacial score (nSPS) is 35.2. The third kappa shape index (κ3) is 2.44. The van der Waals surface area contributed by atoms with Crippen LogP contribution in [-0.4, -0.2) is 42.6 Å². The molecule has 1 aliphatic carbocycles. The van der Waals surface area contributed by atoms with Gasteiger partial charge in [-0.2, -0.15) is 0 Å². The lowest BCUT2D eigenvalue weighted by Crippen LogP contribution is -2.58. The second kappa shape index (κ2) is 5.52. The van der Waals surface area contributed by atoms with Gasteiger partial charge >= 0.3 is 0 Å². The number of hydrogen-bond donors (Lipinski definition) is 1. The van der Waals surface area contributed by atoms with Gasteiger partial charge in [-0.15, -0.1) is 0 Å². The molecule has 4 rings (SSSR count). The second-order valence-corrected chi connectivity index (χ2v) is 7.65. The third-order valence-corrected chi connectivity index (χ3v) is 6.25. The summed E-state index contributed by atoms with van der Waals surface area (Å²) < 4.78 is 5.27. The number of piperidine rings is 1. The van der Waals surface area contributed by atoms with Crippen LogP contribution >= 0.6 is 0 Å². The second-order valence-electron chi connectivity index (χ2n) is 7.65. The molecule has 2 aliphatic heterocycles. The van der Waals surface area contributed by atoms with Gasteiger partial charge in [0.1, 0.15) is 5.75 Å². The molecule has 0 spiro atoms. The standard InChI is InChI=1S/C19H26N2O2/c1-19-11-14-12-21(17(19)8-4-7-16(19)20-14)18(22)10-13-5-3-6-15(9-13)23-2/h3,5-6,9,14,16-17,20H,4,7-8,10-12H2,1-2H3/t14-,16-,17+,19-/m0/s1. The molecule has 0 radical (unpaired) electrons. The lowest BCUT2D eigenvalue weighted by Gasteiger charge is -2.50. The number of nitrogens with one attached hydrogen (secondary N) is 1. The van der Waals surface area contributed by atoms with Crippen LogP contribution in [0.2, 0.25) is 0 Å². The van der Waals surface area contributed by atoms with Crippen LogP contribution in [-0.2, 0) is 11.2 Å². The van der Waals surface area contributed by atoms with Crippen LogP contribution < -0.4 is 10.1 Å². The molecule has 0 unspecified atom stereocenters. The average molecular weight is 314 g/mol. The summed E-state index contributed by atoms with van der Waals surface area (Å²) >= 11 is 0. The van der Waals surface area contributed by atoms with Gasteiger partial charge in [-0.3, -0.25) is 4.79 Å². The van der Waals surface area contributed by atoms with Gasteiger partial charge in [0.15, 0.2) is 0 Å². The summed E-state index contributed by atoms with van der Waals surface area (Å²) in [7, 11) is 1.66. The van der Waals surface area contributed by atoms with E-state index in [0.29, 0.717) is 24.5 Å². The lowest BCUT2D eigenvalue weighted by atomic mass is 9.66. The Morgan fingerprint density at radius 3 is 3.13 bits per heavy atom. The SMILES string of the molecule is COc1cccc(CC(=O)N2C[C@@H]3C[C@@]4(C)[C@H](CCC[C@@H]24)N3)c1. The number of fused-ring (bicyclic) bond motifs is 1. The number of nitrogens with zero attached hydrogens (tertiary/aromatic N) is 1. The monoisotopic (exact) mass is 314 g/mol. The summed E-state index contributed by atoms with van der Waals surface area (Å²) in [6, 6.07) is 9.36. The molecule has 1 aromatic rings. The van der Waals surface area contributed by atoms with Crippen molar-refractivity contribution in [3.63, 3.8) is 0 Å². The highest BCUT2D eigenvalue weighted by Crippen LogP contribution is 2.50. The van der Waals surface area contributed by atoms with Crippen molar-refractivity contribution in [2.75, 3.05) is 13.7 Å². The first kappa shape index (κ1) is 15.0. The molecule has 23 heavy (non-hydrogen) atoms. The number of carbonyl (C=O) groups excluding carboxylic acids is 1. The Morgan fingerprint density at radius 1 is 1.43 bits per heavy atom. The highest BCUT2D eigenvalue weighted by atomic mass is 16.5. The van der Waals surface area contributed by atoms with Gasteiger partial charge in [-0.25, -0.2) is 0 Å². The van der Waals surface area contributed by atoms with E-state index in [4.69, 9.17) is 4.74 Å². The van der Waals surface area contributed by atoms with Crippen molar-refractivity contribution >= 4 is 5.91 Å². The Morgan fingerprint density at radius 2 is 2.30 bits per heavy atom. The summed E-state index contributed by atoms with van der Waals surface area (Å²) in [6.07, 6.45) is 5.35. The molecule has 1 saturated carbocycles. The molecule has 1 N–H and O–H groups in total. The molecule has 3 fully saturated rings. The summed E-state index contributed by atoms with van der Waals surface area (Å²) in [5, 5.41) is 3.78. The molecule has 4 heteroatoms. The maximum absolute atomic E-state index is 13.0. The number of hydrogen-bond acceptors (Lipinski definition) is 3. The number of methoxy groups -OCH3 is 1. The smallest absolute Gasteiger partial charge is 0.227 e. The van der Waals surface area contributed by atoms with Crippen LogP contribution in [0.4, 0.5) is 0 Å². The minimum atomic E-state index is 0.267. The zero-order valence-corrected chi connectivity index (χ0v) is 14.0. The van der Waals surface area contributed by atoms with Crippen LogP contribution in [0.5, 0.6) is 5.75 Å². The maximum Gasteiger partial charge on any atom is 0.227 e. The number of benzene rings is 1. The number of carbonyl (C=O) groups is 1. The molecule has 2 saturated heterocycles. The van der Waals surface area contributed by atoms with Gasteiger partial charge in [-0.1, -0.05) is 19.1 Å². The molecular formula is C19H26N2O2. The molecular weight excluding hydrogens is 288 g/mol. The zero-order chi connectivity index (χ0) is 16.0. The van der Waals surface area contributed by atoms with Gasteiger partial charge in [0.2, 0.25) is 5.91 Å². The number of amides is 1. The van der Waals surface area contributed by atoms with Crippen LogP contribution in [0.1, 0.15) is 38.2 Å². The Hall–Kier alpha value is -1.55. The maximum atomic E-state index is 13.0. The van der Waals surface area contributed by atoms with Crippen molar-refractivity contribution in [3.8, 4) is 5.75 Å². The predicted molar refractivity (Wildman–Crippen MR) is 89.5 cm³/mol. The van der Waals surface area contributed by atoms with Crippen molar-refractivity contribution < 1.29 is 9.53 Å². The fourth-order valence-electron chi connectivity index (χ4n) is 5.16. The number of ether oxygens (including phenoxy) is 1. The summed E-state index contributed by atoms with van der Waals surface area (Å²) in [5.74, 6) is 1.09. The molecule has 2 bridgehead atoms. The van der Waals surface area contributed by atoms with Gasteiger partial charge < -0.3 is 15.0 Å². The van der Waals surface area contributed by atoms with E-state index in [-0.39, 0.29) is 11.3 Å². The van der Waals surface area contributed by atoms with Crippen molar-refractivity contribution in [2.24, 2.45) is 5.41 Å². The first-order valence-corrected chi connectivity index (χ1v) is 8.78. The predicted octanol–water partition coefficient (Wildman–Crippen LogP) is 2.37. The molecule has 4 nitrogen and oxygen atoms in total. The van der Waals surface area contributed by atoms with E-state index < -0.39 is 0 Å². The molecule has 2 heterocycles. The quantitative estimate of drug-likeness (QED) is 0.931. The first-order chi connectivity index (χ1) is 11.1. The highest BCUT2D eigenvalue weighted by Gasteiger charge is 2.56. The molecule has 1 aromatic carbocycles. The molecule has 124 valence electrons. The number of likely N-dealkylation sites (tertiary alicyclic amines) is 1. The van der Waals surface area contributed by atoms with E-state index in [1.165, 1.54) is 19.3 Å². The zero-order valence-electron chi connectivity index (χ0n) is 14.0. The van der Waals surface area contributed by atoms with E-state index in [9.17, 15) is 4.79 Å². The van der Waals surface area contributed by atoms with Crippen LogP contribution in [0.15, 0.2) is 24.3 Å². The summed E-state index contributed by atoms with van der Waals surface area (Å²) in [6.45, 7) is 3.26. The van der Waals surface area contributed by atoms with Crippen molar-refractivity contribution in [3.05, 3.63) is 29.8 Å². The molecule has 4 atom stereocenters. The lowest BCUT2D eigenvalue weighted by molar-refractivity contribution is -0.139. The van der Waals surface area contributed by atoms with Crippen LogP contribution in [0, 0.1) is 5.41 Å². The Bertz CT molecular complexity index is 617. The average Bonchev–Trinajstić information content (AvgIpc) is 2.88. The largest absolute Gasteiger partial charge is 0.497 e. The van der Waals surface area contributed by atoms with Gasteiger partial charge in [0.05, 0.1) is 13.5 Å². The van der Waals surface area contributed by atoms with Gasteiger partial charge in [0, 0.05) is 30.1 Å².